The molecule has 19 heteroatoms. The first kappa shape index (κ1) is 38.7. The van der Waals surface area contributed by atoms with E-state index in [0.29, 0.717) is 44.8 Å². The Labute approximate surface area is 332 Å². The monoisotopic (exact) mass is 859 g/mol. The Kier molecular flexibility index (Phi) is 8.73. The Bertz CT molecular complexity index is 2980. The van der Waals surface area contributed by atoms with Gasteiger partial charge in [0.1, 0.15) is 39.3 Å². The summed E-state index contributed by atoms with van der Waals surface area (Å²) in [7, 11) is -6.39. The van der Waals surface area contributed by atoms with E-state index in [9.17, 15) is 30.7 Å². The molecule has 0 unspecified atom stereocenters. The SMILES string of the molecule is CN1c2cc3c(cc2-c2sccc2C1(C)C)C(c1c(F)c(SCC(=O)NN)cc(F)c1S(=O)(=O)O)=c1cc2c(cc1O3)=[N+](C)C(C)(C)c1cc(S(=O)(=O)O)sc1-2. The van der Waals surface area contributed by atoms with Gasteiger partial charge in [-0.15, -0.1) is 34.4 Å². The van der Waals surface area contributed by atoms with E-state index in [4.69, 9.17) is 10.6 Å². The summed E-state index contributed by atoms with van der Waals surface area (Å²) >= 11 is 2.87. The first-order valence-electron chi connectivity index (χ1n) is 16.8. The van der Waals surface area contributed by atoms with Crippen LogP contribution in [0.5, 0.6) is 11.5 Å². The molecule has 8 rings (SSSR count). The summed E-state index contributed by atoms with van der Waals surface area (Å²) in [4.78, 5) is 13.7. The minimum atomic E-state index is -5.47. The van der Waals surface area contributed by atoms with Crippen LogP contribution in [0.4, 0.5) is 14.5 Å². The number of carbonyl (C=O) groups is 1. The molecule has 0 spiro atoms. The van der Waals surface area contributed by atoms with E-state index in [1.54, 1.807) is 31.3 Å². The number of halogens is 2. The van der Waals surface area contributed by atoms with Crippen LogP contribution in [0.15, 0.2) is 61.8 Å². The molecule has 0 saturated heterocycles. The third-order valence-electron chi connectivity index (χ3n) is 11.0. The van der Waals surface area contributed by atoms with Crippen molar-refractivity contribution in [1.82, 2.24) is 10.0 Å². The van der Waals surface area contributed by atoms with E-state index >= 15 is 8.78 Å². The lowest BCUT2D eigenvalue weighted by molar-refractivity contribution is -0.118. The number of hydrogen-bond donors (Lipinski definition) is 4. The molecule has 0 atom stereocenters. The first-order valence-corrected chi connectivity index (χ1v) is 22.4. The number of thioether (sulfide) groups is 1. The van der Waals surface area contributed by atoms with Gasteiger partial charge in [0.2, 0.25) is 11.3 Å². The maximum atomic E-state index is 17.2. The fourth-order valence-electron chi connectivity index (χ4n) is 7.61. The number of ether oxygens (including phenoxy) is 1. The molecule has 12 nitrogen and oxygen atoms in total. The van der Waals surface area contributed by atoms with Crippen molar-refractivity contribution in [2.24, 2.45) is 5.84 Å². The predicted octanol–water partition coefficient (Wildman–Crippen LogP) is 5.40. The van der Waals surface area contributed by atoms with Gasteiger partial charge in [-0.25, -0.2) is 19.2 Å². The van der Waals surface area contributed by atoms with Gasteiger partial charge in [0.05, 0.1) is 27.8 Å². The number of carbonyl (C=O) groups excluding carboxylic acids is 1. The maximum Gasteiger partial charge on any atom is 0.304 e. The molecule has 5 aromatic rings. The quantitative estimate of drug-likeness (QED) is 0.0421. The standard InChI is InChI=1S/C37H32F2N4O8S5/c1-36(2)20-7-8-52-33(20)16-9-18-25(13-23(16)42(36)5)51-26-14-24-17(34-21(37(3,4)43(24)6)11-29(54-34)55(45,46)47)10-19(26)30(18)31-32(39)27(53-15-28(44)41-40)12-22(38)35(31)56(48,49)50/h7-14H,15,40H2,1-6H3,(H2-,41,44,45,46,47,48,49,50)/p+1. The molecule has 2 aromatic heterocycles. The lowest BCUT2D eigenvalue weighted by Gasteiger charge is -2.43. The average Bonchev–Trinajstić information content (AvgIpc) is 3.81. The summed E-state index contributed by atoms with van der Waals surface area (Å²) in [6.45, 7) is 7.87. The van der Waals surface area contributed by atoms with Crippen LogP contribution in [-0.2, 0) is 36.1 Å². The Morgan fingerprint density at radius 3 is 2.34 bits per heavy atom. The molecule has 0 saturated carbocycles. The van der Waals surface area contributed by atoms with Crippen LogP contribution in [-0.4, -0.2) is 51.7 Å². The molecule has 292 valence electrons. The van der Waals surface area contributed by atoms with E-state index in [0.717, 1.165) is 27.5 Å². The van der Waals surface area contributed by atoms with Crippen molar-refractivity contribution in [1.29, 1.82) is 0 Å². The minimum absolute atomic E-state index is 0.0954. The molecule has 0 fully saturated rings. The van der Waals surface area contributed by atoms with Crippen molar-refractivity contribution in [3.05, 3.63) is 92.3 Å². The molecule has 0 radical (unpaired) electrons. The van der Waals surface area contributed by atoms with Gasteiger partial charge in [-0.3, -0.25) is 19.3 Å². The van der Waals surface area contributed by atoms with E-state index in [-0.39, 0.29) is 32.1 Å². The van der Waals surface area contributed by atoms with Gasteiger partial charge in [-0.05, 0) is 55.1 Å². The molecule has 3 aromatic carbocycles. The fraction of sp³-hybridized carbons (Fsp3) is 0.243. The molecule has 1 amide bonds. The number of nitrogens with two attached hydrogens (primary N) is 1. The number of rotatable bonds is 6. The van der Waals surface area contributed by atoms with Crippen LogP contribution in [0.1, 0.15) is 49.9 Å². The Balaban J connectivity index is 1.56. The zero-order chi connectivity index (χ0) is 40.6. The largest absolute Gasteiger partial charge is 0.456 e. The van der Waals surface area contributed by atoms with Gasteiger partial charge in [0.15, 0.2) is 5.54 Å². The Morgan fingerprint density at radius 2 is 1.68 bits per heavy atom. The minimum Gasteiger partial charge on any atom is -0.456 e. The number of fused-ring (bicyclic) bond motifs is 8. The highest BCUT2D eigenvalue weighted by Gasteiger charge is 2.43. The topological polar surface area (TPSA) is 179 Å². The second kappa shape index (κ2) is 12.6. The van der Waals surface area contributed by atoms with Gasteiger partial charge in [-0.2, -0.15) is 16.8 Å². The van der Waals surface area contributed by atoms with E-state index < -0.39 is 70.0 Å². The average molecular weight is 860 g/mol. The van der Waals surface area contributed by atoms with E-state index in [1.807, 2.05) is 42.3 Å². The van der Waals surface area contributed by atoms with Crippen molar-refractivity contribution in [3.63, 3.8) is 0 Å². The van der Waals surface area contributed by atoms with Crippen LogP contribution in [0.25, 0.3) is 26.5 Å². The zero-order valence-electron chi connectivity index (χ0n) is 30.4. The van der Waals surface area contributed by atoms with Gasteiger partial charge < -0.3 is 9.64 Å². The van der Waals surface area contributed by atoms with Crippen LogP contribution >= 0.6 is 34.4 Å². The highest BCUT2D eigenvalue weighted by molar-refractivity contribution is 8.00. The third-order valence-corrected chi connectivity index (χ3v) is 16.3. The molecule has 0 bridgehead atoms. The third kappa shape index (κ3) is 5.65. The summed E-state index contributed by atoms with van der Waals surface area (Å²) in [5.41, 5.74) is 3.32. The molecular weight excluding hydrogens is 827 g/mol. The molecule has 3 aliphatic heterocycles. The number of nitrogens with zero attached hydrogens (tertiary/aromatic N) is 2. The van der Waals surface area contributed by atoms with Crippen molar-refractivity contribution in [3.8, 4) is 32.4 Å². The molecule has 56 heavy (non-hydrogen) atoms. The molecule has 5 heterocycles. The number of hydrogen-bond acceptors (Lipinski definition) is 11. The summed E-state index contributed by atoms with van der Waals surface area (Å²) in [6.07, 6.45) is 0. The summed E-state index contributed by atoms with van der Waals surface area (Å²) < 4.78 is 113. The second-order valence-corrected chi connectivity index (χ2v) is 20.6. The fourth-order valence-corrected chi connectivity index (χ4v) is 12.2. The maximum absolute atomic E-state index is 17.2. The summed E-state index contributed by atoms with van der Waals surface area (Å²) in [5.74, 6) is 1.65. The summed E-state index contributed by atoms with van der Waals surface area (Å²) in [6, 6.07) is 10.7. The Morgan fingerprint density at radius 1 is 0.964 bits per heavy atom. The van der Waals surface area contributed by atoms with Crippen molar-refractivity contribution >= 4 is 71.8 Å². The number of anilines is 1. The normalized spacial score (nSPS) is 16.2. The lowest BCUT2D eigenvalue weighted by atomic mass is 9.83. The summed E-state index contributed by atoms with van der Waals surface area (Å²) in [5, 5.41) is 2.60. The zero-order valence-corrected chi connectivity index (χ0v) is 34.5. The number of hydrazine groups is 1. The van der Waals surface area contributed by atoms with Crippen LogP contribution in [0.3, 0.4) is 0 Å². The van der Waals surface area contributed by atoms with E-state index in [1.165, 1.54) is 17.4 Å². The number of nitrogens with one attached hydrogen (secondary N) is 1. The van der Waals surface area contributed by atoms with Gasteiger partial charge in [0, 0.05) is 75.5 Å². The van der Waals surface area contributed by atoms with Crippen LogP contribution in [0, 0.1) is 11.6 Å². The molecule has 0 aliphatic carbocycles. The number of thiophene rings is 2. The van der Waals surface area contributed by atoms with Crippen LogP contribution < -0.4 is 36.1 Å². The number of benzene rings is 3. The van der Waals surface area contributed by atoms with Crippen molar-refractivity contribution in [2.75, 3.05) is 24.7 Å². The van der Waals surface area contributed by atoms with Crippen molar-refractivity contribution < 1.29 is 44.3 Å². The smallest absolute Gasteiger partial charge is 0.304 e. The van der Waals surface area contributed by atoms with Crippen molar-refractivity contribution in [2.45, 2.75) is 52.8 Å². The first-order chi connectivity index (χ1) is 26.1. The van der Waals surface area contributed by atoms with E-state index in [2.05, 4.69) is 18.7 Å². The van der Waals surface area contributed by atoms with Gasteiger partial charge in [0.25, 0.3) is 10.1 Å². The molecule has 3 aliphatic rings. The second-order valence-electron chi connectivity index (χ2n) is 14.6. The Hall–Kier alpha value is -4.21. The predicted molar refractivity (Wildman–Crippen MR) is 211 cm³/mol. The number of amides is 1. The molecule has 5 N–H and O–H groups in total. The van der Waals surface area contributed by atoms with Gasteiger partial charge >= 0.3 is 10.1 Å². The molecular formula is C37H33F2N4O8S5+. The highest BCUT2D eigenvalue weighted by atomic mass is 32.3. The van der Waals surface area contributed by atoms with Crippen LogP contribution in [0.2, 0.25) is 0 Å². The highest BCUT2D eigenvalue weighted by Crippen LogP contribution is 2.54. The van der Waals surface area contributed by atoms with Gasteiger partial charge in [-0.1, -0.05) is 0 Å². The lowest BCUT2D eigenvalue weighted by Crippen LogP contribution is -2.46.